The molecule has 7 nitrogen and oxygen atoms in total. The van der Waals surface area contributed by atoms with Gasteiger partial charge in [-0.25, -0.2) is 4.39 Å². The van der Waals surface area contributed by atoms with Gasteiger partial charge in [-0.2, -0.15) is 13.2 Å². The van der Waals surface area contributed by atoms with E-state index in [9.17, 15) is 22.4 Å². The summed E-state index contributed by atoms with van der Waals surface area (Å²) < 4.78 is 70.1. The Balaban J connectivity index is 1.14. The van der Waals surface area contributed by atoms with Gasteiger partial charge in [-0.05, 0) is 91.6 Å². The van der Waals surface area contributed by atoms with Crippen molar-refractivity contribution < 1.29 is 36.6 Å². The van der Waals surface area contributed by atoms with Gasteiger partial charge in [0.1, 0.15) is 11.5 Å². The van der Waals surface area contributed by atoms with Crippen LogP contribution in [0.25, 0.3) is 5.57 Å². The standard InChI is InChI=1S/C37H41F4N3O4/c1-23-25(9-6-12-32(23)46-2)22-44(27-14-15-27)36(45)34-29(19-26-20-42-21-31(34)43-26)24-8-5-10-28(18-24)47-16-3-4-17-48-33-13-7-11-30(35(33)38)37(39,40)41/h5-13,18,26-27,31,42-43H,3-4,14-17,19-22H2,1-2H3. The maximum atomic E-state index is 14.5. The van der Waals surface area contributed by atoms with Crippen molar-refractivity contribution in [2.24, 2.45) is 0 Å². The van der Waals surface area contributed by atoms with Crippen LogP contribution in [0.2, 0.25) is 0 Å². The van der Waals surface area contributed by atoms with E-state index < -0.39 is 23.3 Å². The number of amides is 1. The van der Waals surface area contributed by atoms with E-state index in [2.05, 4.69) is 16.7 Å². The third kappa shape index (κ3) is 7.63. The van der Waals surface area contributed by atoms with Gasteiger partial charge in [0.2, 0.25) is 0 Å². The van der Waals surface area contributed by atoms with Gasteiger partial charge in [-0.3, -0.25) is 4.79 Å². The molecule has 11 heteroatoms. The molecule has 1 saturated carbocycles. The number of ether oxygens (including phenoxy) is 3. The van der Waals surface area contributed by atoms with Crippen LogP contribution in [0.15, 0.2) is 66.2 Å². The highest BCUT2D eigenvalue weighted by molar-refractivity contribution is 6.03. The molecule has 1 aliphatic carbocycles. The largest absolute Gasteiger partial charge is 0.496 e. The zero-order chi connectivity index (χ0) is 33.8. The number of benzene rings is 3. The van der Waals surface area contributed by atoms with E-state index >= 15 is 0 Å². The number of hydrogen-bond acceptors (Lipinski definition) is 6. The highest BCUT2D eigenvalue weighted by Gasteiger charge is 2.41. The number of piperazine rings is 1. The number of nitrogens with one attached hydrogen (secondary N) is 2. The lowest BCUT2D eigenvalue weighted by molar-refractivity contribution is -0.140. The van der Waals surface area contributed by atoms with Crippen LogP contribution >= 0.6 is 0 Å². The second kappa shape index (κ2) is 14.6. The first-order valence-corrected chi connectivity index (χ1v) is 16.5. The molecule has 2 bridgehead atoms. The van der Waals surface area contributed by atoms with Gasteiger partial charge in [-0.15, -0.1) is 0 Å². The molecule has 3 aliphatic rings. The normalized spacial score (nSPS) is 19.2. The molecule has 256 valence electrons. The Labute approximate surface area is 278 Å². The number of unbranched alkanes of at least 4 members (excludes halogenated alkanes) is 1. The summed E-state index contributed by atoms with van der Waals surface area (Å²) in [6.45, 7) is 4.42. The monoisotopic (exact) mass is 667 g/mol. The Hall–Kier alpha value is -4.09. The van der Waals surface area contributed by atoms with E-state index in [1.807, 2.05) is 48.2 Å². The molecule has 2 atom stereocenters. The van der Waals surface area contributed by atoms with Crippen molar-refractivity contribution >= 4 is 11.5 Å². The van der Waals surface area contributed by atoms with Crippen LogP contribution < -0.4 is 24.8 Å². The molecule has 48 heavy (non-hydrogen) atoms. The number of methoxy groups -OCH3 is 1. The third-order valence-electron chi connectivity index (χ3n) is 9.25. The smallest absolute Gasteiger partial charge is 0.419 e. The molecule has 3 aromatic rings. The molecule has 1 amide bonds. The summed E-state index contributed by atoms with van der Waals surface area (Å²) in [5.41, 5.74) is 3.54. The summed E-state index contributed by atoms with van der Waals surface area (Å²) in [5.74, 6) is -0.303. The summed E-state index contributed by atoms with van der Waals surface area (Å²) in [5, 5.41) is 7.17. The minimum absolute atomic E-state index is 0.0522. The van der Waals surface area contributed by atoms with Gasteiger partial charge in [0.15, 0.2) is 11.6 Å². The Bertz CT molecular complexity index is 1660. The van der Waals surface area contributed by atoms with E-state index in [-0.39, 0.29) is 30.6 Å². The number of alkyl halides is 3. The molecular weight excluding hydrogens is 626 g/mol. The molecule has 0 aromatic heterocycles. The summed E-state index contributed by atoms with van der Waals surface area (Å²) in [4.78, 5) is 16.6. The molecule has 0 spiro atoms. The van der Waals surface area contributed by atoms with E-state index in [1.54, 1.807) is 7.11 Å². The molecule has 2 aliphatic heterocycles. The van der Waals surface area contributed by atoms with E-state index in [0.29, 0.717) is 50.8 Å². The van der Waals surface area contributed by atoms with Crippen LogP contribution in [0.1, 0.15) is 54.4 Å². The number of halogens is 4. The molecule has 2 N–H and O–H groups in total. The summed E-state index contributed by atoms with van der Waals surface area (Å²) in [6.07, 6.45) is -1.10. The van der Waals surface area contributed by atoms with Crippen molar-refractivity contribution in [1.82, 2.24) is 15.5 Å². The first kappa shape index (κ1) is 33.8. The van der Waals surface area contributed by atoms with Crippen LogP contribution in [0.4, 0.5) is 17.6 Å². The molecular formula is C37H41F4N3O4. The number of nitrogens with zero attached hydrogens (tertiary/aromatic N) is 1. The molecule has 6 rings (SSSR count). The fourth-order valence-electron chi connectivity index (χ4n) is 6.57. The average molecular weight is 668 g/mol. The molecule has 0 radical (unpaired) electrons. The lowest BCUT2D eigenvalue weighted by Crippen LogP contribution is -2.60. The summed E-state index contributed by atoms with van der Waals surface area (Å²) in [7, 11) is 1.66. The number of carbonyl (C=O) groups excluding carboxylic acids is 1. The van der Waals surface area contributed by atoms with Crippen molar-refractivity contribution in [3.8, 4) is 17.2 Å². The highest BCUT2D eigenvalue weighted by atomic mass is 19.4. The lowest BCUT2D eigenvalue weighted by atomic mass is 9.83. The molecule has 2 fully saturated rings. The maximum Gasteiger partial charge on any atom is 0.419 e. The number of carbonyl (C=O) groups is 1. The zero-order valence-corrected chi connectivity index (χ0v) is 27.2. The fourth-order valence-corrected chi connectivity index (χ4v) is 6.57. The zero-order valence-electron chi connectivity index (χ0n) is 27.2. The molecule has 3 aromatic carbocycles. The minimum atomic E-state index is -4.79. The van der Waals surface area contributed by atoms with Gasteiger partial charge in [0.25, 0.3) is 5.91 Å². The van der Waals surface area contributed by atoms with Crippen molar-refractivity contribution in [2.75, 3.05) is 33.4 Å². The summed E-state index contributed by atoms with van der Waals surface area (Å²) in [6, 6.07) is 17.1. The topological polar surface area (TPSA) is 72.1 Å². The average Bonchev–Trinajstić information content (AvgIpc) is 3.91. The van der Waals surface area contributed by atoms with Gasteiger partial charge in [0, 0.05) is 37.3 Å². The van der Waals surface area contributed by atoms with Crippen LogP contribution in [-0.4, -0.2) is 62.3 Å². The van der Waals surface area contributed by atoms with E-state index in [0.717, 1.165) is 59.0 Å². The number of hydrogen-bond donors (Lipinski definition) is 2. The third-order valence-corrected chi connectivity index (χ3v) is 9.25. The Morgan fingerprint density at radius 2 is 1.69 bits per heavy atom. The van der Waals surface area contributed by atoms with E-state index in [4.69, 9.17) is 14.2 Å². The van der Waals surface area contributed by atoms with Crippen LogP contribution in [0.3, 0.4) is 0 Å². The lowest BCUT2D eigenvalue weighted by Gasteiger charge is -2.41. The van der Waals surface area contributed by atoms with Gasteiger partial charge in [-0.1, -0.05) is 30.3 Å². The van der Waals surface area contributed by atoms with Crippen LogP contribution in [0.5, 0.6) is 17.2 Å². The number of fused-ring (bicyclic) bond motifs is 2. The van der Waals surface area contributed by atoms with Gasteiger partial charge >= 0.3 is 6.18 Å². The molecule has 2 heterocycles. The predicted molar refractivity (Wildman–Crippen MR) is 174 cm³/mol. The first-order valence-electron chi connectivity index (χ1n) is 16.5. The van der Waals surface area contributed by atoms with Crippen LogP contribution in [-0.2, 0) is 17.5 Å². The second-order valence-corrected chi connectivity index (χ2v) is 12.6. The van der Waals surface area contributed by atoms with Crippen molar-refractivity contribution in [3.05, 3.63) is 94.3 Å². The molecule has 1 saturated heterocycles. The summed E-state index contributed by atoms with van der Waals surface area (Å²) >= 11 is 0. The first-order chi connectivity index (χ1) is 23.1. The maximum absolute atomic E-state index is 14.5. The van der Waals surface area contributed by atoms with Crippen molar-refractivity contribution in [1.29, 1.82) is 0 Å². The Morgan fingerprint density at radius 3 is 2.44 bits per heavy atom. The predicted octanol–water partition coefficient (Wildman–Crippen LogP) is 6.68. The fraction of sp³-hybridized carbons (Fsp3) is 0.432. The quantitative estimate of drug-likeness (QED) is 0.157. The van der Waals surface area contributed by atoms with E-state index in [1.165, 1.54) is 6.07 Å². The van der Waals surface area contributed by atoms with Gasteiger partial charge < -0.3 is 29.7 Å². The van der Waals surface area contributed by atoms with Crippen molar-refractivity contribution in [3.63, 3.8) is 0 Å². The SMILES string of the molecule is COc1cccc(CN(C(=O)C2=C(c3cccc(OCCCCOc4cccc(C(F)(F)F)c4F)c3)CC3CNCC2N3)C2CC2)c1C. The minimum Gasteiger partial charge on any atom is -0.496 e. The van der Waals surface area contributed by atoms with Crippen LogP contribution in [0, 0.1) is 12.7 Å². The highest BCUT2D eigenvalue weighted by Crippen LogP contribution is 2.38. The molecule has 2 unspecified atom stereocenters. The number of rotatable bonds is 13. The van der Waals surface area contributed by atoms with Gasteiger partial charge in [0.05, 0.1) is 31.9 Å². The Morgan fingerprint density at radius 1 is 0.958 bits per heavy atom. The Kier molecular flexibility index (Phi) is 10.3. The second-order valence-electron chi connectivity index (χ2n) is 12.6. The van der Waals surface area contributed by atoms with Crippen molar-refractivity contribution in [2.45, 2.75) is 69.9 Å².